The molecule has 0 atom stereocenters. The summed E-state index contributed by atoms with van der Waals surface area (Å²) in [6.07, 6.45) is 6.00. The number of allylic oxidation sites excluding steroid dienone is 1. The summed E-state index contributed by atoms with van der Waals surface area (Å²) in [6.45, 7) is 7.19. The first-order valence-corrected chi connectivity index (χ1v) is 9.58. The molecule has 1 aliphatic heterocycles. The van der Waals surface area contributed by atoms with Crippen LogP contribution in [-0.2, 0) is 4.79 Å². The maximum Gasteiger partial charge on any atom is 0.244 e. The monoisotopic (exact) mass is 383 g/mol. The minimum Gasteiger partial charge on any atom is -0.352 e. The van der Waals surface area contributed by atoms with Crippen molar-refractivity contribution in [2.75, 3.05) is 44.2 Å². The van der Waals surface area contributed by atoms with Crippen LogP contribution in [0.15, 0.2) is 48.8 Å². The van der Waals surface area contributed by atoms with Crippen LogP contribution in [0.25, 0.3) is 5.57 Å². The number of amides is 1. The minimum atomic E-state index is -0.280. The fraction of sp³-hybridized carbons (Fsp3) is 0.381. The summed E-state index contributed by atoms with van der Waals surface area (Å²) >= 11 is 0. The normalized spacial score (nSPS) is 15.5. The lowest BCUT2D eigenvalue weighted by molar-refractivity contribution is -0.116. The Hall–Kier alpha value is -2.80. The molecule has 0 bridgehead atoms. The molecule has 6 nitrogen and oxygen atoms in total. The highest BCUT2D eigenvalue weighted by Gasteiger charge is 2.18. The maximum absolute atomic E-state index is 13.0. The van der Waals surface area contributed by atoms with Gasteiger partial charge in [-0.1, -0.05) is 12.1 Å². The van der Waals surface area contributed by atoms with Gasteiger partial charge in [0.25, 0.3) is 0 Å². The van der Waals surface area contributed by atoms with Crippen molar-refractivity contribution in [1.29, 1.82) is 0 Å². The van der Waals surface area contributed by atoms with Crippen LogP contribution in [0.3, 0.4) is 0 Å². The molecule has 3 rings (SSSR count). The molecule has 2 aromatic rings. The predicted octanol–water partition coefficient (Wildman–Crippen LogP) is 2.35. The second-order valence-corrected chi connectivity index (χ2v) is 6.86. The number of carbonyl (C=O) groups excluding carboxylic acids is 1. The topological polar surface area (TPSA) is 61.4 Å². The first kappa shape index (κ1) is 19.9. The fourth-order valence-corrected chi connectivity index (χ4v) is 3.18. The predicted molar refractivity (Wildman–Crippen MR) is 108 cm³/mol. The standard InChI is InChI=1S/C21H26FN5O/c1-17(18-4-6-19(22)7-5-18)16-20(28)23-10-3-11-26-12-14-27(15-13-26)21-24-8-2-9-25-21/h2,4-9,16H,3,10-15H2,1H3,(H,23,28)/b17-16-. The first-order chi connectivity index (χ1) is 13.6. The Bertz CT molecular complexity index is 786. The van der Waals surface area contributed by atoms with Gasteiger partial charge in [-0.15, -0.1) is 0 Å². The zero-order valence-electron chi connectivity index (χ0n) is 16.1. The highest BCUT2D eigenvalue weighted by molar-refractivity contribution is 5.94. The van der Waals surface area contributed by atoms with E-state index in [1.54, 1.807) is 30.6 Å². The number of rotatable bonds is 7. The number of aromatic nitrogens is 2. The number of hydrogen-bond donors (Lipinski definition) is 1. The molecule has 0 aliphatic carbocycles. The third-order valence-electron chi connectivity index (χ3n) is 4.80. The average molecular weight is 383 g/mol. The Morgan fingerprint density at radius 3 is 2.50 bits per heavy atom. The second-order valence-electron chi connectivity index (χ2n) is 6.86. The smallest absolute Gasteiger partial charge is 0.244 e. The number of hydrogen-bond acceptors (Lipinski definition) is 5. The molecule has 148 valence electrons. The summed E-state index contributed by atoms with van der Waals surface area (Å²) in [4.78, 5) is 25.2. The summed E-state index contributed by atoms with van der Waals surface area (Å²) in [5.74, 6) is 0.392. The van der Waals surface area contributed by atoms with Crippen molar-refractivity contribution in [2.45, 2.75) is 13.3 Å². The van der Waals surface area contributed by atoms with Crippen molar-refractivity contribution < 1.29 is 9.18 Å². The number of halogens is 1. The van der Waals surface area contributed by atoms with Crippen LogP contribution in [0.1, 0.15) is 18.9 Å². The van der Waals surface area contributed by atoms with Crippen molar-refractivity contribution in [2.24, 2.45) is 0 Å². The van der Waals surface area contributed by atoms with Gasteiger partial charge in [-0.05, 0) is 49.2 Å². The van der Waals surface area contributed by atoms with Gasteiger partial charge in [0.2, 0.25) is 11.9 Å². The molecule has 0 saturated carbocycles. The minimum absolute atomic E-state index is 0.118. The van der Waals surface area contributed by atoms with Gasteiger partial charge in [0, 0.05) is 51.2 Å². The lowest BCUT2D eigenvalue weighted by Gasteiger charge is -2.34. The van der Waals surface area contributed by atoms with Crippen molar-refractivity contribution >= 4 is 17.4 Å². The van der Waals surface area contributed by atoms with E-state index in [-0.39, 0.29) is 11.7 Å². The van der Waals surface area contributed by atoms with E-state index in [9.17, 15) is 9.18 Å². The summed E-state index contributed by atoms with van der Waals surface area (Å²) in [6, 6.07) is 7.97. The lowest BCUT2D eigenvalue weighted by Crippen LogP contribution is -2.47. The molecule has 1 aromatic carbocycles. The van der Waals surface area contributed by atoms with Crippen LogP contribution in [0.2, 0.25) is 0 Å². The molecule has 1 aromatic heterocycles. The molecular weight excluding hydrogens is 357 g/mol. The largest absolute Gasteiger partial charge is 0.352 e. The molecule has 1 amide bonds. The molecule has 7 heteroatoms. The highest BCUT2D eigenvalue weighted by atomic mass is 19.1. The second kappa shape index (κ2) is 9.94. The van der Waals surface area contributed by atoms with Gasteiger partial charge in [0.1, 0.15) is 5.82 Å². The van der Waals surface area contributed by atoms with E-state index in [1.807, 2.05) is 13.0 Å². The number of nitrogens with zero attached hydrogens (tertiary/aromatic N) is 4. The Labute approximate surface area is 165 Å². The van der Waals surface area contributed by atoms with Gasteiger partial charge >= 0.3 is 0 Å². The van der Waals surface area contributed by atoms with Gasteiger partial charge in [0.05, 0.1) is 0 Å². The zero-order valence-corrected chi connectivity index (χ0v) is 16.1. The molecule has 2 heterocycles. The Morgan fingerprint density at radius 2 is 1.82 bits per heavy atom. The van der Waals surface area contributed by atoms with Crippen LogP contribution < -0.4 is 10.2 Å². The summed E-state index contributed by atoms with van der Waals surface area (Å²) in [7, 11) is 0. The third-order valence-corrected chi connectivity index (χ3v) is 4.80. The van der Waals surface area contributed by atoms with Crippen molar-refractivity contribution in [1.82, 2.24) is 20.2 Å². The summed E-state index contributed by atoms with van der Waals surface area (Å²) in [5.41, 5.74) is 1.66. The number of piperazine rings is 1. The van der Waals surface area contributed by atoms with E-state index >= 15 is 0 Å². The van der Waals surface area contributed by atoms with Crippen LogP contribution >= 0.6 is 0 Å². The van der Waals surface area contributed by atoms with Crippen LogP contribution in [0.5, 0.6) is 0 Å². The lowest BCUT2D eigenvalue weighted by atomic mass is 10.1. The Morgan fingerprint density at radius 1 is 1.14 bits per heavy atom. The van der Waals surface area contributed by atoms with Gasteiger partial charge in [-0.2, -0.15) is 0 Å². The molecule has 28 heavy (non-hydrogen) atoms. The summed E-state index contributed by atoms with van der Waals surface area (Å²) in [5, 5.41) is 2.92. The van der Waals surface area contributed by atoms with Gasteiger partial charge < -0.3 is 10.2 Å². The highest BCUT2D eigenvalue weighted by Crippen LogP contribution is 2.14. The van der Waals surface area contributed by atoms with E-state index in [4.69, 9.17) is 0 Å². The van der Waals surface area contributed by atoms with Crippen molar-refractivity contribution in [3.8, 4) is 0 Å². The fourth-order valence-electron chi connectivity index (χ4n) is 3.18. The van der Waals surface area contributed by atoms with E-state index in [1.165, 1.54) is 12.1 Å². The molecule has 1 saturated heterocycles. The van der Waals surface area contributed by atoms with Crippen molar-refractivity contribution in [3.63, 3.8) is 0 Å². The van der Waals surface area contributed by atoms with Crippen LogP contribution in [-0.4, -0.2) is 60.0 Å². The molecule has 1 N–H and O–H groups in total. The van der Waals surface area contributed by atoms with Crippen LogP contribution in [0.4, 0.5) is 10.3 Å². The molecule has 1 aliphatic rings. The van der Waals surface area contributed by atoms with Gasteiger partial charge in [-0.25, -0.2) is 14.4 Å². The number of carbonyl (C=O) groups is 1. The first-order valence-electron chi connectivity index (χ1n) is 9.58. The van der Waals surface area contributed by atoms with E-state index in [0.29, 0.717) is 6.54 Å². The molecule has 0 radical (unpaired) electrons. The number of anilines is 1. The Kier molecular flexibility index (Phi) is 7.08. The van der Waals surface area contributed by atoms with Crippen LogP contribution in [0, 0.1) is 5.82 Å². The maximum atomic E-state index is 13.0. The molecule has 0 unspecified atom stereocenters. The third kappa shape index (κ3) is 5.85. The Balaban J connectivity index is 1.34. The van der Waals surface area contributed by atoms with Gasteiger partial charge in [-0.3, -0.25) is 9.69 Å². The summed E-state index contributed by atoms with van der Waals surface area (Å²) < 4.78 is 13.0. The zero-order chi connectivity index (χ0) is 19.8. The number of nitrogens with one attached hydrogen (secondary N) is 1. The average Bonchev–Trinajstić information content (AvgIpc) is 2.73. The van der Waals surface area contributed by atoms with Crippen molar-refractivity contribution in [3.05, 3.63) is 60.2 Å². The van der Waals surface area contributed by atoms with E-state index in [2.05, 4.69) is 25.1 Å². The van der Waals surface area contributed by atoms with E-state index in [0.717, 1.165) is 56.2 Å². The quantitative estimate of drug-likeness (QED) is 0.587. The SMILES string of the molecule is C/C(=C/C(=O)NCCCN1CCN(c2ncccn2)CC1)c1ccc(F)cc1. The molecule has 0 spiro atoms. The molecular formula is C21H26FN5O. The van der Waals surface area contributed by atoms with E-state index < -0.39 is 0 Å². The molecule has 1 fully saturated rings. The van der Waals surface area contributed by atoms with Gasteiger partial charge in [0.15, 0.2) is 0 Å². The number of benzene rings is 1.